The highest BCUT2D eigenvalue weighted by Gasteiger charge is 2.22. The molecule has 0 atom stereocenters. The van der Waals surface area contributed by atoms with Crippen LogP contribution in [0.2, 0.25) is 5.02 Å². The Bertz CT molecular complexity index is 1680. The number of aromatic hydroxyl groups is 1. The van der Waals surface area contributed by atoms with Crippen LogP contribution in [0.15, 0.2) is 95.0 Å². The van der Waals surface area contributed by atoms with Crippen LogP contribution in [0.3, 0.4) is 0 Å². The number of halogens is 3. The Kier molecular flexibility index (Phi) is 5.97. The van der Waals surface area contributed by atoms with Gasteiger partial charge in [0.25, 0.3) is 5.56 Å². The minimum Gasteiger partial charge on any atom is -0.505 e. The number of hydrogen-bond acceptors (Lipinski definition) is 5. The normalized spacial score (nSPS) is 11.4. The molecule has 0 saturated carbocycles. The molecule has 1 N–H and O–H groups in total. The van der Waals surface area contributed by atoms with Crippen LogP contribution in [0, 0.1) is 5.82 Å². The molecule has 0 aliphatic rings. The second-order valence-electron chi connectivity index (χ2n) is 7.51. The van der Waals surface area contributed by atoms with Gasteiger partial charge in [-0.2, -0.15) is 0 Å². The minimum atomic E-state index is -0.759. The van der Waals surface area contributed by atoms with Gasteiger partial charge < -0.3 is 14.1 Å². The standard InChI is InChI=1S/C25H14BrClFNO4S/c26-14-3-10-18-19(11-14)29(12-13-1-6-16(28)7-2-13)24(31)20-21(30)23(25(32)33-22(18)20)34-17-8-4-15(27)5-9-17/h1-11,30H,12H2. The van der Waals surface area contributed by atoms with E-state index in [1.54, 1.807) is 54.6 Å². The molecule has 0 spiro atoms. The van der Waals surface area contributed by atoms with Crippen LogP contribution in [-0.2, 0) is 6.54 Å². The average molecular weight is 559 g/mol. The van der Waals surface area contributed by atoms with E-state index in [1.807, 2.05) is 0 Å². The summed E-state index contributed by atoms with van der Waals surface area (Å²) in [6.07, 6.45) is 0. The van der Waals surface area contributed by atoms with E-state index < -0.39 is 16.9 Å². The predicted octanol–water partition coefficient (Wildman–Crippen LogP) is 6.57. The summed E-state index contributed by atoms with van der Waals surface area (Å²) in [6.45, 7) is 0.125. The van der Waals surface area contributed by atoms with Crippen molar-refractivity contribution in [1.29, 1.82) is 0 Å². The van der Waals surface area contributed by atoms with Crippen LogP contribution in [0.1, 0.15) is 5.56 Å². The number of pyridine rings is 1. The summed E-state index contributed by atoms with van der Waals surface area (Å²) in [4.78, 5) is 27.0. The smallest absolute Gasteiger partial charge is 0.354 e. The number of aromatic nitrogens is 1. The fourth-order valence-electron chi connectivity index (χ4n) is 3.70. The molecule has 170 valence electrons. The molecular formula is C25H14BrClFNO4S. The zero-order valence-electron chi connectivity index (χ0n) is 17.2. The zero-order chi connectivity index (χ0) is 24.0. The molecule has 0 aliphatic carbocycles. The molecule has 3 aromatic carbocycles. The van der Waals surface area contributed by atoms with Gasteiger partial charge in [-0.15, -0.1) is 0 Å². The summed E-state index contributed by atoms with van der Waals surface area (Å²) < 4.78 is 21.2. The van der Waals surface area contributed by atoms with Gasteiger partial charge >= 0.3 is 5.63 Å². The highest BCUT2D eigenvalue weighted by Crippen LogP contribution is 2.37. The second kappa shape index (κ2) is 8.94. The maximum absolute atomic E-state index is 13.6. The Morgan fingerprint density at radius 2 is 1.74 bits per heavy atom. The molecule has 5 aromatic rings. The maximum atomic E-state index is 13.6. The van der Waals surface area contributed by atoms with E-state index in [9.17, 15) is 19.1 Å². The van der Waals surface area contributed by atoms with Crippen molar-refractivity contribution in [3.05, 3.63) is 108 Å². The number of hydrogen-bond donors (Lipinski definition) is 1. The lowest BCUT2D eigenvalue weighted by Crippen LogP contribution is -2.23. The van der Waals surface area contributed by atoms with Crippen molar-refractivity contribution in [1.82, 2.24) is 4.57 Å². The third-order valence-electron chi connectivity index (χ3n) is 5.30. The Balaban J connectivity index is 1.78. The third-order valence-corrected chi connectivity index (χ3v) is 7.12. The van der Waals surface area contributed by atoms with Gasteiger partial charge in [0.2, 0.25) is 0 Å². The predicted molar refractivity (Wildman–Crippen MR) is 135 cm³/mol. The Morgan fingerprint density at radius 1 is 1.03 bits per heavy atom. The van der Waals surface area contributed by atoms with E-state index in [0.29, 0.717) is 30.9 Å². The van der Waals surface area contributed by atoms with Crippen LogP contribution < -0.4 is 11.2 Å². The van der Waals surface area contributed by atoms with Crippen LogP contribution in [0.4, 0.5) is 4.39 Å². The van der Waals surface area contributed by atoms with Crippen LogP contribution in [-0.4, -0.2) is 9.67 Å². The van der Waals surface area contributed by atoms with Gasteiger partial charge in [-0.05, 0) is 60.2 Å². The summed E-state index contributed by atoms with van der Waals surface area (Å²) in [5.74, 6) is -0.834. The van der Waals surface area contributed by atoms with Crippen molar-refractivity contribution in [2.24, 2.45) is 0 Å². The molecule has 0 bridgehead atoms. The SMILES string of the molecule is O=c1oc2c(c(O)c1Sc1ccc(Cl)cc1)c(=O)n(Cc1ccc(F)cc1)c1cc(Br)ccc21. The third kappa shape index (κ3) is 4.13. The average Bonchev–Trinajstić information content (AvgIpc) is 2.81. The first kappa shape index (κ1) is 22.7. The first-order valence-corrected chi connectivity index (χ1v) is 12.0. The molecule has 2 aromatic heterocycles. The lowest BCUT2D eigenvalue weighted by Gasteiger charge is -2.14. The summed E-state index contributed by atoms with van der Waals surface area (Å²) in [7, 11) is 0. The van der Waals surface area contributed by atoms with E-state index in [1.165, 1.54) is 16.7 Å². The minimum absolute atomic E-state index is 0.00538. The molecule has 0 saturated heterocycles. The van der Waals surface area contributed by atoms with Crippen molar-refractivity contribution in [2.75, 3.05) is 0 Å². The molecule has 5 rings (SSSR count). The highest BCUT2D eigenvalue weighted by molar-refractivity contribution is 9.10. The van der Waals surface area contributed by atoms with Crippen molar-refractivity contribution >= 4 is 61.2 Å². The number of benzene rings is 3. The number of nitrogens with zero attached hydrogens (tertiary/aromatic N) is 1. The topological polar surface area (TPSA) is 72.4 Å². The van der Waals surface area contributed by atoms with E-state index in [0.717, 1.165) is 11.8 Å². The fraction of sp³-hybridized carbons (Fsp3) is 0.0400. The molecule has 0 aliphatic heterocycles. The molecule has 34 heavy (non-hydrogen) atoms. The van der Waals surface area contributed by atoms with Crippen LogP contribution in [0.25, 0.3) is 21.9 Å². The van der Waals surface area contributed by atoms with Crippen molar-refractivity contribution < 1.29 is 13.9 Å². The van der Waals surface area contributed by atoms with Crippen LogP contribution in [0.5, 0.6) is 5.75 Å². The molecular weight excluding hydrogens is 545 g/mol. The molecule has 0 amide bonds. The van der Waals surface area contributed by atoms with E-state index in [4.69, 9.17) is 16.0 Å². The zero-order valence-corrected chi connectivity index (χ0v) is 20.4. The Hall–Kier alpha value is -3.07. The quantitative estimate of drug-likeness (QED) is 0.253. The van der Waals surface area contributed by atoms with Gasteiger partial charge in [0.1, 0.15) is 16.1 Å². The monoisotopic (exact) mass is 557 g/mol. The number of fused-ring (bicyclic) bond motifs is 3. The van der Waals surface area contributed by atoms with Crippen molar-refractivity contribution in [3.8, 4) is 5.75 Å². The molecule has 5 nitrogen and oxygen atoms in total. The van der Waals surface area contributed by atoms with Gasteiger partial charge in [-0.1, -0.05) is 51.4 Å². The highest BCUT2D eigenvalue weighted by atomic mass is 79.9. The number of rotatable bonds is 4. The molecule has 9 heteroatoms. The van der Waals surface area contributed by atoms with Crippen molar-refractivity contribution in [3.63, 3.8) is 0 Å². The van der Waals surface area contributed by atoms with Gasteiger partial charge in [0.15, 0.2) is 11.3 Å². The first-order chi connectivity index (χ1) is 16.3. The largest absolute Gasteiger partial charge is 0.505 e. The summed E-state index contributed by atoms with van der Waals surface area (Å²) >= 11 is 10.3. The van der Waals surface area contributed by atoms with Crippen LogP contribution >= 0.6 is 39.3 Å². The first-order valence-electron chi connectivity index (χ1n) is 10.0. The van der Waals surface area contributed by atoms with Crippen molar-refractivity contribution in [2.45, 2.75) is 16.3 Å². The van der Waals surface area contributed by atoms with Gasteiger partial charge in [0.05, 0.1) is 12.1 Å². The molecule has 0 radical (unpaired) electrons. The Morgan fingerprint density at radius 3 is 2.44 bits per heavy atom. The second-order valence-corrected chi connectivity index (χ2v) is 9.94. The molecule has 2 heterocycles. The summed E-state index contributed by atoms with van der Waals surface area (Å²) in [6, 6.07) is 17.7. The fourth-order valence-corrected chi connectivity index (χ4v) is 5.01. The molecule has 0 fully saturated rings. The Labute approximate surface area is 209 Å². The lowest BCUT2D eigenvalue weighted by atomic mass is 10.1. The lowest BCUT2D eigenvalue weighted by molar-refractivity contribution is 0.446. The molecule has 0 unspecified atom stereocenters. The maximum Gasteiger partial charge on any atom is 0.354 e. The summed E-state index contributed by atoms with van der Waals surface area (Å²) in [5, 5.41) is 12.0. The van der Waals surface area contributed by atoms with Gasteiger partial charge in [0, 0.05) is 19.8 Å². The summed E-state index contributed by atoms with van der Waals surface area (Å²) in [5.41, 5.74) is -0.103. The van der Waals surface area contributed by atoms with Gasteiger partial charge in [-0.25, -0.2) is 9.18 Å². The van der Waals surface area contributed by atoms with Gasteiger partial charge in [-0.3, -0.25) is 4.79 Å². The van der Waals surface area contributed by atoms with E-state index >= 15 is 0 Å². The van der Waals surface area contributed by atoms with E-state index in [2.05, 4.69) is 15.9 Å². The van der Waals surface area contributed by atoms with E-state index in [-0.39, 0.29) is 28.2 Å².